The second-order valence-electron chi connectivity index (χ2n) is 5.52. The van der Waals surface area contributed by atoms with E-state index in [1.165, 1.54) is 5.56 Å². The van der Waals surface area contributed by atoms with Gasteiger partial charge in [0, 0.05) is 36.3 Å². The van der Waals surface area contributed by atoms with Crippen LogP contribution < -0.4 is 0 Å². The molecule has 0 aliphatic rings. The van der Waals surface area contributed by atoms with Crippen LogP contribution in [0.2, 0.25) is 0 Å². The van der Waals surface area contributed by atoms with Crippen molar-refractivity contribution in [2.24, 2.45) is 7.05 Å². The third-order valence-electron chi connectivity index (χ3n) is 4.03. The minimum atomic E-state index is 0.175. The molecular weight excluding hydrogens is 262 g/mol. The Bertz CT molecular complexity index is 811. The number of imidazole rings is 1. The maximum absolute atomic E-state index is 12.5. The Balaban J connectivity index is 1.89. The van der Waals surface area contributed by atoms with Gasteiger partial charge in [0.25, 0.3) is 0 Å². The number of rotatable bonds is 4. The zero-order valence-corrected chi connectivity index (χ0v) is 12.6. The molecule has 0 spiro atoms. The van der Waals surface area contributed by atoms with Crippen molar-refractivity contribution in [3.63, 3.8) is 0 Å². The number of Topliss-reactive ketones (excluding diaryl/α,β-unsaturated/α-hetero) is 1. The Kier molecular flexibility index (Phi) is 3.37. The van der Waals surface area contributed by atoms with E-state index in [9.17, 15) is 4.79 Å². The van der Waals surface area contributed by atoms with Crippen LogP contribution in [0, 0.1) is 13.8 Å². The summed E-state index contributed by atoms with van der Waals surface area (Å²) in [7, 11) is 1.99. The van der Waals surface area contributed by atoms with Gasteiger partial charge in [-0.2, -0.15) is 0 Å². The van der Waals surface area contributed by atoms with Crippen molar-refractivity contribution in [1.82, 2.24) is 14.5 Å². The summed E-state index contributed by atoms with van der Waals surface area (Å²) in [6, 6.07) is 6.10. The lowest BCUT2D eigenvalue weighted by Crippen LogP contribution is -2.01. The molecule has 1 N–H and O–H groups in total. The number of nitrogens with zero attached hydrogens (tertiary/aromatic N) is 2. The molecule has 4 heteroatoms. The van der Waals surface area contributed by atoms with Crippen molar-refractivity contribution in [2.75, 3.05) is 0 Å². The summed E-state index contributed by atoms with van der Waals surface area (Å²) in [5.41, 5.74) is 5.15. The summed E-state index contributed by atoms with van der Waals surface area (Å²) < 4.78 is 2.04. The standard InChI is InChI=1S/C17H19N3O/c1-11-5-4-6-13-14(9-20(3)17(11)13)16(21)8-7-15-12(2)18-10-19-15/h4-6,9-10H,7-8H2,1-3H3,(H,18,19). The number of aromatic amines is 1. The average molecular weight is 281 g/mol. The van der Waals surface area contributed by atoms with Gasteiger partial charge in [-0.05, 0) is 25.8 Å². The molecule has 0 saturated heterocycles. The molecule has 21 heavy (non-hydrogen) atoms. The molecule has 3 aromatic rings. The molecule has 0 aliphatic heterocycles. The Morgan fingerprint density at radius 1 is 1.33 bits per heavy atom. The molecular formula is C17H19N3O. The normalized spacial score (nSPS) is 11.2. The Morgan fingerprint density at radius 3 is 2.86 bits per heavy atom. The molecule has 0 radical (unpaired) electrons. The molecule has 0 bridgehead atoms. The number of H-pyrrole nitrogens is 1. The summed E-state index contributed by atoms with van der Waals surface area (Å²) in [5, 5.41) is 1.04. The number of carbonyl (C=O) groups is 1. The molecule has 0 fully saturated rings. The summed E-state index contributed by atoms with van der Waals surface area (Å²) in [4.78, 5) is 19.8. The monoisotopic (exact) mass is 281 g/mol. The minimum Gasteiger partial charge on any atom is -0.350 e. The Morgan fingerprint density at radius 2 is 2.14 bits per heavy atom. The molecule has 0 saturated carbocycles. The van der Waals surface area contributed by atoms with E-state index in [-0.39, 0.29) is 5.78 Å². The third-order valence-corrected chi connectivity index (χ3v) is 4.03. The number of hydrogen-bond donors (Lipinski definition) is 1. The van der Waals surface area contributed by atoms with Crippen molar-refractivity contribution >= 4 is 16.7 Å². The van der Waals surface area contributed by atoms with E-state index in [4.69, 9.17) is 0 Å². The van der Waals surface area contributed by atoms with E-state index < -0.39 is 0 Å². The van der Waals surface area contributed by atoms with Crippen molar-refractivity contribution in [3.8, 4) is 0 Å². The molecule has 0 amide bonds. The van der Waals surface area contributed by atoms with Gasteiger partial charge in [0.05, 0.1) is 17.5 Å². The highest BCUT2D eigenvalue weighted by molar-refractivity contribution is 6.08. The van der Waals surface area contributed by atoms with Crippen molar-refractivity contribution in [1.29, 1.82) is 0 Å². The summed E-state index contributed by atoms with van der Waals surface area (Å²) in [6.07, 6.45) is 4.78. The van der Waals surface area contributed by atoms with Crippen LogP contribution >= 0.6 is 0 Å². The second kappa shape index (κ2) is 5.20. The highest BCUT2D eigenvalue weighted by atomic mass is 16.1. The maximum Gasteiger partial charge on any atom is 0.165 e. The van der Waals surface area contributed by atoms with Gasteiger partial charge < -0.3 is 9.55 Å². The van der Waals surface area contributed by atoms with Crippen molar-refractivity contribution < 1.29 is 4.79 Å². The number of benzene rings is 1. The largest absolute Gasteiger partial charge is 0.350 e. The van der Waals surface area contributed by atoms with E-state index in [2.05, 4.69) is 23.0 Å². The van der Waals surface area contributed by atoms with E-state index in [1.807, 2.05) is 36.9 Å². The van der Waals surface area contributed by atoms with Crippen molar-refractivity contribution in [2.45, 2.75) is 26.7 Å². The number of para-hydroxylation sites is 1. The van der Waals surface area contributed by atoms with Gasteiger partial charge in [-0.25, -0.2) is 4.98 Å². The number of hydrogen-bond acceptors (Lipinski definition) is 2. The first-order valence-electron chi connectivity index (χ1n) is 7.14. The first-order chi connectivity index (χ1) is 10.1. The van der Waals surface area contributed by atoms with Gasteiger partial charge in [-0.1, -0.05) is 18.2 Å². The van der Waals surface area contributed by atoms with Gasteiger partial charge in [0.1, 0.15) is 0 Å². The summed E-state index contributed by atoms with van der Waals surface area (Å²) >= 11 is 0. The van der Waals surface area contributed by atoms with Crippen LogP contribution in [0.3, 0.4) is 0 Å². The van der Waals surface area contributed by atoms with Gasteiger partial charge in [0.2, 0.25) is 0 Å². The maximum atomic E-state index is 12.5. The molecule has 4 nitrogen and oxygen atoms in total. The van der Waals surface area contributed by atoms with E-state index in [1.54, 1.807) is 6.33 Å². The van der Waals surface area contributed by atoms with Crippen LogP contribution in [0.1, 0.15) is 33.7 Å². The van der Waals surface area contributed by atoms with Gasteiger partial charge in [0.15, 0.2) is 5.78 Å². The average Bonchev–Trinajstić information content (AvgIpc) is 3.01. The quantitative estimate of drug-likeness (QED) is 0.746. The SMILES string of the molecule is Cc1[nH]cnc1CCC(=O)c1cn(C)c2c(C)cccc12. The fourth-order valence-corrected chi connectivity index (χ4v) is 2.90. The molecule has 1 aromatic carbocycles. The molecule has 0 unspecified atom stereocenters. The topological polar surface area (TPSA) is 50.7 Å². The Labute approximate surface area is 123 Å². The van der Waals surface area contributed by atoms with Crippen LogP contribution in [0.15, 0.2) is 30.7 Å². The first-order valence-corrected chi connectivity index (χ1v) is 7.14. The lowest BCUT2D eigenvalue weighted by atomic mass is 10.0. The summed E-state index contributed by atoms with van der Waals surface area (Å²) in [5.74, 6) is 0.175. The van der Waals surface area contributed by atoms with E-state index >= 15 is 0 Å². The fraction of sp³-hybridized carbons (Fsp3) is 0.294. The van der Waals surface area contributed by atoms with E-state index in [0.29, 0.717) is 12.8 Å². The second-order valence-corrected chi connectivity index (χ2v) is 5.52. The van der Waals surface area contributed by atoms with Crippen LogP contribution in [-0.2, 0) is 13.5 Å². The third kappa shape index (κ3) is 2.37. The predicted molar refractivity (Wildman–Crippen MR) is 83.6 cm³/mol. The Hall–Kier alpha value is -2.36. The molecule has 2 heterocycles. The predicted octanol–water partition coefficient (Wildman–Crippen LogP) is 3.33. The van der Waals surface area contributed by atoms with Gasteiger partial charge >= 0.3 is 0 Å². The minimum absolute atomic E-state index is 0.175. The molecule has 3 rings (SSSR count). The highest BCUT2D eigenvalue weighted by Crippen LogP contribution is 2.25. The zero-order valence-electron chi connectivity index (χ0n) is 12.6. The first kappa shape index (κ1) is 13.6. The smallest absolute Gasteiger partial charge is 0.165 e. The number of aromatic nitrogens is 3. The molecule has 0 aliphatic carbocycles. The summed E-state index contributed by atoms with van der Waals surface area (Å²) in [6.45, 7) is 4.05. The van der Waals surface area contributed by atoms with E-state index in [0.717, 1.165) is 27.9 Å². The number of fused-ring (bicyclic) bond motifs is 1. The fourth-order valence-electron chi connectivity index (χ4n) is 2.90. The molecule has 2 aromatic heterocycles. The van der Waals surface area contributed by atoms with Crippen LogP contribution in [0.5, 0.6) is 0 Å². The van der Waals surface area contributed by atoms with Crippen LogP contribution in [-0.4, -0.2) is 20.3 Å². The van der Waals surface area contributed by atoms with Gasteiger partial charge in [-0.3, -0.25) is 4.79 Å². The molecule has 0 atom stereocenters. The number of ketones is 1. The lowest BCUT2D eigenvalue weighted by Gasteiger charge is -2.01. The van der Waals surface area contributed by atoms with Gasteiger partial charge in [-0.15, -0.1) is 0 Å². The zero-order chi connectivity index (χ0) is 15.0. The number of carbonyl (C=O) groups excluding carboxylic acids is 1. The van der Waals surface area contributed by atoms with Crippen molar-refractivity contribution in [3.05, 3.63) is 53.2 Å². The lowest BCUT2D eigenvalue weighted by molar-refractivity contribution is 0.0984. The van der Waals surface area contributed by atoms with Crippen LogP contribution in [0.25, 0.3) is 10.9 Å². The number of aryl methyl sites for hydroxylation is 4. The highest BCUT2D eigenvalue weighted by Gasteiger charge is 2.15. The number of nitrogens with one attached hydrogen (secondary N) is 1. The molecule has 108 valence electrons. The van der Waals surface area contributed by atoms with Crippen LogP contribution in [0.4, 0.5) is 0 Å².